The molecule has 1 aliphatic carbocycles. The molecule has 1 saturated carbocycles. The maximum atomic E-state index is 12.4. The number of carbonyl (C=O) groups is 1. The van der Waals surface area contributed by atoms with Crippen LogP contribution in [0.2, 0.25) is 0 Å². The topological polar surface area (TPSA) is 72.0 Å². The van der Waals surface area contributed by atoms with Crippen LogP contribution in [0, 0.1) is 51.3 Å². The zero-order chi connectivity index (χ0) is 61.0. The van der Waals surface area contributed by atoms with E-state index in [0.717, 1.165) is 118 Å². The molecule has 4 aromatic rings. The first-order valence-corrected chi connectivity index (χ1v) is 31.8. The summed E-state index contributed by atoms with van der Waals surface area (Å²) in [6.45, 7) is 45.0. The van der Waals surface area contributed by atoms with Crippen molar-refractivity contribution in [2.75, 3.05) is 26.0 Å². The highest BCUT2D eigenvalue weighted by molar-refractivity contribution is 6.20. The predicted molar refractivity (Wildman–Crippen MR) is 354 cm³/mol. The Morgan fingerprint density at radius 2 is 1.34 bits per heavy atom. The molecule has 8 heteroatoms. The molecule has 6 rings (SSSR count). The zero-order valence-corrected chi connectivity index (χ0v) is 55.6. The Morgan fingerprint density at radius 3 is 1.82 bits per heavy atom. The summed E-state index contributed by atoms with van der Waals surface area (Å²) in [6.07, 6.45) is 30.5. The lowest BCUT2D eigenvalue weighted by Gasteiger charge is -2.19. The van der Waals surface area contributed by atoms with E-state index in [4.69, 9.17) is 14.7 Å². The third-order valence-corrected chi connectivity index (χ3v) is 15.0. The van der Waals surface area contributed by atoms with Crippen molar-refractivity contribution in [1.82, 2.24) is 14.5 Å². The molecule has 2 unspecified atom stereocenters. The minimum Gasteiger partial charge on any atom is -0.500 e. The number of aromatic nitrogens is 3. The van der Waals surface area contributed by atoms with Crippen LogP contribution in [0.1, 0.15) is 265 Å². The fourth-order valence-corrected chi connectivity index (χ4v) is 8.91. The van der Waals surface area contributed by atoms with Crippen molar-refractivity contribution in [3.05, 3.63) is 113 Å². The van der Waals surface area contributed by atoms with Gasteiger partial charge in [0, 0.05) is 43.3 Å². The monoisotopic (exact) mass is 1110 g/mol. The number of imidazole rings is 1. The number of unbranched alkanes of at least 4 members (excludes halogenated alkanes) is 5. The predicted octanol–water partition coefficient (Wildman–Crippen LogP) is 21.9. The average molecular weight is 1110 g/mol. The lowest BCUT2D eigenvalue weighted by molar-refractivity contribution is -0.497. The van der Waals surface area contributed by atoms with E-state index in [1.807, 2.05) is 72.9 Å². The van der Waals surface area contributed by atoms with Crippen LogP contribution in [0.5, 0.6) is 0 Å². The highest BCUT2D eigenvalue weighted by atomic mass is 19.1. The number of fused-ring (bicyclic) bond motifs is 1. The Morgan fingerprint density at radius 1 is 0.750 bits per heavy atom. The van der Waals surface area contributed by atoms with Crippen LogP contribution < -0.4 is 5.32 Å². The van der Waals surface area contributed by atoms with Crippen molar-refractivity contribution in [2.45, 2.75) is 259 Å². The number of halogens is 1. The summed E-state index contributed by atoms with van der Waals surface area (Å²) >= 11 is 0. The number of ketones is 1. The summed E-state index contributed by atoms with van der Waals surface area (Å²) in [7, 11) is 5.85. The molecular formula is C72H123FN5O2+. The molecule has 454 valence electrons. The fourth-order valence-electron chi connectivity index (χ4n) is 8.91. The first-order chi connectivity index (χ1) is 38.2. The number of benzene rings is 2. The highest BCUT2D eigenvalue weighted by Crippen LogP contribution is 2.29. The number of ether oxygens (including phenoxy) is 1. The molecule has 2 atom stereocenters. The van der Waals surface area contributed by atoms with Gasteiger partial charge in [0.25, 0.3) is 0 Å². The maximum Gasteiger partial charge on any atom is 0.208 e. The summed E-state index contributed by atoms with van der Waals surface area (Å²) in [5.74, 6) is 4.20. The lowest BCUT2D eigenvalue weighted by atomic mass is 9.97. The third kappa shape index (κ3) is 33.2. The molecule has 2 aromatic heterocycles. The van der Waals surface area contributed by atoms with Gasteiger partial charge in [-0.1, -0.05) is 217 Å². The van der Waals surface area contributed by atoms with E-state index in [0.29, 0.717) is 5.78 Å². The average Bonchev–Trinajstić information content (AvgIpc) is 4.14. The summed E-state index contributed by atoms with van der Waals surface area (Å²) in [4.78, 5) is 20.8. The van der Waals surface area contributed by atoms with Crippen LogP contribution in [-0.4, -0.2) is 51.3 Å². The molecule has 1 N–H and O–H groups in total. The highest BCUT2D eigenvalue weighted by Gasteiger charge is 2.27. The summed E-state index contributed by atoms with van der Waals surface area (Å²) in [5.41, 5.74) is 11.0. The van der Waals surface area contributed by atoms with Gasteiger partial charge in [0.2, 0.25) is 5.95 Å². The second kappa shape index (κ2) is 47.8. The number of hydrogen-bond acceptors (Lipinski definition) is 5. The van der Waals surface area contributed by atoms with Crippen molar-refractivity contribution >= 4 is 39.7 Å². The summed E-state index contributed by atoms with van der Waals surface area (Å²) in [5, 5.41) is 3.40. The number of carbonyl (C=O) groups excluding carboxylic acids is 1. The largest absolute Gasteiger partial charge is 0.500 e. The molecule has 0 saturated heterocycles. The Hall–Kier alpha value is -4.85. The van der Waals surface area contributed by atoms with Crippen LogP contribution in [0.15, 0.2) is 73.5 Å². The lowest BCUT2D eigenvalue weighted by Crippen LogP contribution is -2.25. The number of rotatable bonds is 22. The van der Waals surface area contributed by atoms with Crippen molar-refractivity contribution in [1.29, 1.82) is 0 Å². The molecule has 0 bridgehead atoms. The number of anilines is 1. The fraction of sp³-hybridized carbons (Fsp3) is 0.639. The van der Waals surface area contributed by atoms with Crippen LogP contribution >= 0.6 is 0 Å². The van der Waals surface area contributed by atoms with Gasteiger partial charge >= 0.3 is 0 Å². The molecule has 0 amide bonds. The summed E-state index contributed by atoms with van der Waals surface area (Å²) in [6, 6.07) is 15.4. The van der Waals surface area contributed by atoms with Gasteiger partial charge in [-0.3, -0.25) is 9.78 Å². The normalized spacial score (nSPS) is 13.1. The van der Waals surface area contributed by atoms with E-state index in [2.05, 4.69) is 129 Å². The van der Waals surface area contributed by atoms with Crippen LogP contribution in [-0.2, 0) is 16.6 Å². The van der Waals surface area contributed by atoms with Gasteiger partial charge in [0.15, 0.2) is 5.71 Å². The van der Waals surface area contributed by atoms with E-state index in [9.17, 15) is 9.18 Å². The Kier molecular flexibility index (Phi) is 46.1. The molecule has 3 heterocycles. The van der Waals surface area contributed by atoms with Gasteiger partial charge in [-0.2, -0.15) is 0 Å². The van der Waals surface area contributed by atoms with Gasteiger partial charge in [-0.15, -0.1) is 6.58 Å². The number of hydrogen-bond donors (Lipinski definition) is 1. The Balaban J connectivity index is 0. The van der Waals surface area contributed by atoms with Crippen molar-refractivity contribution in [3.63, 3.8) is 0 Å². The molecule has 2 aliphatic rings. The Bertz CT molecular complexity index is 2270. The van der Waals surface area contributed by atoms with E-state index in [1.165, 1.54) is 127 Å². The molecule has 2 aromatic carbocycles. The van der Waals surface area contributed by atoms with E-state index in [1.54, 1.807) is 7.11 Å². The van der Waals surface area contributed by atoms with Crippen molar-refractivity contribution < 1.29 is 18.5 Å². The smallest absolute Gasteiger partial charge is 0.208 e. The minimum atomic E-state index is -0.146. The molecule has 1 aliphatic heterocycles. The molecule has 1 fully saturated rings. The molecule has 0 spiro atoms. The van der Waals surface area contributed by atoms with Crippen LogP contribution in [0.25, 0.3) is 22.3 Å². The third-order valence-electron chi connectivity index (χ3n) is 15.0. The zero-order valence-electron chi connectivity index (χ0n) is 55.6. The van der Waals surface area contributed by atoms with Crippen LogP contribution in [0.4, 0.5) is 10.3 Å². The molecular weight excluding hydrogens is 986 g/mol. The minimum absolute atomic E-state index is 0.146. The quantitative estimate of drug-likeness (QED) is 0.0482. The number of allylic oxidation sites excluding steroid dienone is 2. The molecule has 7 nitrogen and oxygen atoms in total. The maximum absolute atomic E-state index is 12.4. The first-order valence-electron chi connectivity index (χ1n) is 31.8. The SMILES string of the molecule is C1CCCC1.C=C(Nc1nc2ccc(C)cc2n1C)c1cc(C)nc(C2=C(OC)CC[N+](C)=C2C)c1.C=CCCCC(=O)C(C)CC.CC.CCCC.CCCCC(CC)CC.CCCCCC(C)CC.Cc1cc(C)cc(F)c1. The van der Waals surface area contributed by atoms with Gasteiger partial charge < -0.3 is 14.6 Å². The van der Waals surface area contributed by atoms with Gasteiger partial charge in [0.1, 0.15) is 36.5 Å². The van der Waals surface area contributed by atoms with E-state index in [-0.39, 0.29) is 11.7 Å². The van der Waals surface area contributed by atoms with Crippen LogP contribution in [0.3, 0.4) is 0 Å². The van der Waals surface area contributed by atoms with Gasteiger partial charge in [0.05, 0.1) is 30.3 Å². The number of Topliss-reactive ketones (excluding diaryl/α,β-unsaturated/α-hetero) is 1. The Labute approximate surface area is 493 Å². The number of aryl methyl sites for hydroxylation is 5. The summed E-state index contributed by atoms with van der Waals surface area (Å²) < 4.78 is 22.4. The number of pyridine rings is 1. The second-order valence-corrected chi connectivity index (χ2v) is 22.1. The standard InChI is InChI=1S/C25H30N5O.C10H18O.2C9H20.C8H9F.C5H10.C4H10.C2H6/c1-15-8-9-20-22(12-15)30(6)25(28-20)27-17(3)19-13-16(2)26-21(14-19)24-18(4)29(5)11-10-23(24)31-7;1-4-6-7-8-10(11)9(3)5-2;1-4-6-7-8-9(3)5-2;1-4-7-8-9(5-2)6-3;1-6-3-7(2)5-8(9)4-6;1-2-4-5-3-1;1-3-4-2;1-2/h8-9,12-14H,3,10-11H2,1-2,4-7H3,(H,27,28);4,9H,1,5-8H2,2-3H3;2*9H,4-8H2,1-3H3;3-5H,1-2H3;1-5H2;3-4H2,1-2H3;1-2H3/q+1;;;;;;;. The number of methoxy groups -OCH3 is 1. The van der Waals surface area contributed by atoms with Crippen molar-refractivity contribution in [2.24, 2.45) is 24.8 Å². The van der Waals surface area contributed by atoms with E-state index < -0.39 is 0 Å². The number of nitrogens with zero attached hydrogens (tertiary/aromatic N) is 4. The van der Waals surface area contributed by atoms with Crippen molar-refractivity contribution in [3.8, 4) is 0 Å². The van der Waals surface area contributed by atoms with Gasteiger partial charge in [-0.25, -0.2) is 13.9 Å². The molecule has 0 radical (unpaired) electrons. The first kappa shape index (κ1) is 77.2. The second-order valence-electron chi connectivity index (χ2n) is 22.1. The molecule has 80 heavy (non-hydrogen) atoms. The number of nitrogens with one attached hydrogen (secondary N) is 1. The van der Waals surface area contributed by atoms with E-state index >= 15 is 0 Å². The van der Waals surface area contributed by atoms with Gasteiger partial charge in [-0.05, 0) is 112 Å².